The number of aromatic amines is 1. The molecule has 0 aliphatic carbocycles. The zero-order valence-electron chi connectivity index (χ0n) is 19.0. The van der Waals surface area contributed by atoms with Gasteiger partial charge in [-0.1, -0.05) is 28.9 Å². The maximum atomic E-state index is 12.5. The van der Waals surface area contributed by atoms with E-state index in [1.54, 1.807) is 4.90 Å². The van der Waals surface area contributed by atoms with Gasteiger partial charge in [0.2, 0.25) is 5.95 Å². The number of fused-ring (bicyclic) bond motifs is 1. The summed E-state index contributed by atoms with van der Waals surface area (Å²) in [4.78, 5) is 27.1. The Bertz CT molecular complexity index is 1120. The number of nitrogens with one attached hydrogen (secondary N) is 2. The van der Waals surface area contributed by atoms with E-state index < -0.39 is 5.60 Å². The maximum Gasteiger partial charge on any atom is 0.410 e. The van der Waals surface area contributed by atoms with Gasteiger partial charge in [-0.3, -0.25) is 0 Å². The van der Waals surface area contributed by atoms with E-state index in [1.807, 2.05) is 39.2 Å². The van der Waals surface area contributed by atoms with Crippen molar-refractivity contribution in [2.45, 2.75) is 58.6 Å². The molecule has 170 valence electrons. The van der Waals surface area contributed by atoms with Gasteiger partial charge in [0.05, 0.1) is 5.69 Å². The number of rotatable bonds is 4. The van der Waals surface area contributed by atoms with Crippen molar-refractivity contribution in [2.24, 2.45) is 0 Å². The number of hydrogen-bond donors (Lipinski definition) is 2. The minimum Gasteiger partial charge on any atom is -0.444 e. The first kappa shape index (κ1) is 22.6. The topological polar surface area (TPSA) is 83.1 Å². The van der Waals surface area contributed by atoms with Crippen molar-refractivity contribution in [3.8, 4) is 11.3 Å². The van der Waals surface area contributed by atoms with Crippen LogP contribution in [0.15, 0.2) is 35.1 Å². The molecule has 0 radical (unpaired) electrons. The highest BCUT2D eigenvalue weighted by atomic mass is 79.9. The van der Waals surface area contributed by atoms with Crippen LogP contribution in [0.1, 0.15) is 46.1 Å². The molecule has 4 rings (SSSR count). The second-order valence-electron chi connectivity index (χ2n) is 9.22. The number of aryl methyl sites for hydroxylation is 1. The molecule has 32 heavy (non-hydrogen) atoms. The van der Waals surface area contributed by atoms with E-state index in [0.29, 0.717) is 19.0 Å². The molecule has 3 heterocycles. The standard InChI is InChI=1S/C24H30BrN5O2/c1-5-15-12-27-22(28-17-7-6-10-30(14-17)23(31)32-24(2,3)4)29-21(15)19-13-26-20-11-16(25)8-9-18(19)20/h8-9,11-13,17,26H,5-7,10,14H2,1-4H3,(H,27,28,29)/t17-/m0/s1. The molecule has 1 aliphatic rings. The third-order valence-corrected chi connectivity index (χ3v) is 6.04. The van der Waals surface area contributed by atoms with Gasteiger partial charge in [-0.2, -0.15) is 0 Å². The molecule has 2 aromatic heterocycles. The molecule has 1 aliphatic heterocycles. The fourth-order valence-electron chi connectivity index (χ4n) is 4.03. The lowest BCUT2D eigenvalue weighted by molar-refractivity contribution is 0.0206. The Morgan fingerprint density at radius 3 is 2.94 bits per heavy atom. The fourth-order valence-corrected chi connectivity index (χ4v) is 4.39. The summed E-state index contributed by atoms with van der Waals surface area (Å²) in [6, 6.07) is 6.28. The van der Waals surface area contributed by atoms with Crippen LogP contribution < -0.4 is 5.32 Å². The number of H-pyrrole nitrogens is 1. The lowest BCUT2D eigenvalue weighted by atomic mass is 10.0. The first-order valence-corrected chi connectivity index (χ1v) is 11.9. The molecule has 0 spiro atoms. The first-order valence-electron chi connectivity index (χ1n) is 11.1. The summed E-state index contributed by atoms with van der Waals surface area (Å²) in [6.45, 7) is 9.06. The molecule has 1 saturated heterocycles. The first-order chi connectivity index (χ1) is 15.2. The van der Waals surface area contributed by atoms with Crippen molar-refractivity contribution in [3.63, 3.8) is 0 Å². The van der Waals surface area contributed by atoms with Crippen LogP contribution in [0.4, 0.5) is 10.7 Å². The fraction of sp³-hybridized carbons (Fsp3) is 0.458. The second-order valence-corrected chi connectivity index (χ2v) is 10.1. The molecule has 0 bridgehead atoms. The number of nitrogens with zero attached hydrogens (tertiary/aromatic N) is 3. The number of ether oxygens (including phenoxy) is 1. The zero-order chi connectivity index (χ0) is 22.9. The smallest absolute Gasteiger partial charge is 0.410 e. The van der Waals surface area contributed by atoms with Crippen LogP contribution in [0.2, 0.25) is 0 Å². The Morgan fingerprint density at radius 1 is 1.38 bits per heavy atom. The minimum absolute atomic E-state index is 0.0792. The maximum absolute atomic E-state index is 12.5. The Hall–Kier alpha value is -2.61. The number of piperidine rings is 1. The van der Waals surface area contributed by atoms with E-state index in [0.717, 1.165) is 51.5 Å². The average molecular weight is 500 g/mol. The Labute approximate surface area is 197 Å². The summed E-state index contributed by atoms with van der Waals surface area (Å²) in [5, 5.41) is 4.58. The Balaban J connectivity index is 1.55. The van der Waals surface area contributed by atoms with Crippen LogP contribution in [-0.4, -0.2) is 50.7 Å². The van der Waals surface area contributed by atoms with Crippen molar-refractivity contribution < 1.29 is 9.53 Å². The van der Waals surface area contributed by atoms with Crippen molar-refractivity contribution in [2.75, 3.05) is 18.4 Å². The zero-order valence-corrected chi connectivity index (χ0v) is 20.6. The van der Waals surface area contributed by atoms with Crippen LogP contribution in [0.3, 0.4) is 0 Å². The summed E-state index contributed by atoms with van der Waals surface area (Å²) in [6.07, 6.45) is 6.35. The van der Waals surface area contributed by atoms with Gasteiger partial charge in [0.15, 0.2) is 0 Å². The molecule has 3 aromatic rings. The van der Waals surface area contributed by atoms with Gasteiger partial charge in [-0.05, 0) is 57.7 Å². The number of carbonyl (C=O) groups excluding carboxylic acids is 1. The minimum atomic E-state index is -0.500. The molecule has 8 heteroatoms. The molecular formula is C24H30BrN5O2. The number of likely N-dealkylation sites (tertiary alicyclic amines) is 1. The average Bonchev–Trinajstić information content (AvgIpc) is 3.15. The predicted molar refractivity (Wildman–Crippen MR) is 131 cm³/mol. The third-order valence-electron chi connectivity index (χ3n) is 5.55. The monoisotopic (exact) mass is 499 g/mol. The molecule has 0 unspecified atom stereocenters. The summed E-state index contributed by atoms with van der Waals surface area (Å²) < 4.78 is 6.58. The van der Waals surface area contributed by atoms with E-state index in [4.69, 9.17) is 9.72 Å². The largest absolute Gasteiger partial charge is 0.444 e. The number of aromatic nitrogens is 3. The van der Waals surface area contributed by atoms with Gasteiger partial charge >= 0.3 is 6.09 Å². The lowest BCUT2D eigenvalue weighted by Crippen LogP contribution is -2.47. The number of halogens is 1. The molecule has 1 fully saturated rings. The summed E-state index contributed by atoms with van der Waals surface area (Å²) in [5.41, 5.74) is 3.65. The van der Waals surface area contributed by atoms with Crippen molar-refractivity contribution in [3.05, 3.63) is 40.6 Å². The van der Waals surface area contributed by atoms with E-state index in [-0.39, 0.29) is 12.1 Å². The predicted octanol–water partition coefficient (Wildman–Crippen LogP) is 5.76. The van der Waals surface area contributed by atoms with E-state index in [2.05, 4.69) is 50.3 Å². The summed E-state index contributed by atoms with van der Waals surface area (Å²) in [7, 11) is 0. The molecule has 2 N–H and O–H groups in total. The van der Waals surface area contributed by atoms with E-state index in [1.165, 1.54) is 0 Å². The second kappa shape index (κ2) is 9.10. The van der Waals surface area contributed by atoms with Crippen molar-refractivity contribution in [1.29, 1.82) is 0 Å². The summed E-state index contributed by atoms with van der Waals surface area (Å²) >= 11 is 3.53. The van der Waals surface area contributed by atoms with Crippen molar-refractivity contribution in [1.82, 2.24) is 19.9 Å². The molecule has 1 atom stereocenters. The SMILES string of the molecule is CCc1cnc(N[C@H]2CCCN(C(=O)OC(C)(C)C)C2)nc1-c1c[nH]c2cc(Br)ccc12. The van der Waals surface area contributed by atoms with Gasteiger partial charge in [0.1, 0.15) is 5.60 Å². The highest BCUT2D eigenvalue weighted by Gasteiger charge is 2.28. The van der Waals surface area contributed by atoms with Crippen LogP contribution in [0.25, 0.3) is 22.2 Å². The van der Waals surface area contributed by atoms with Gasteiger partial charge in [0, 0.05) is 52.5 Å². The number of hydrogen-bond acceptors (Lipinski definition) is 5. The van der Waals surface area contributed by atoms with Gasteiger partial charge in [-0.25, -0.2) is 14.8 Å². The molecule has 0 saturated carbocycles. The molecular weight excluding hydrogens is 470 g/mol. The number of carbonyl (C=O) groups is 1. The third kappa shape index (κ3) is 5.06. The van der Waals surface area contributed by atoms with Crippen LogP contribution in [0, 0.1) is 0 Å². The Kier molecular flexibility index (Phi) is 6.42. The van der Waals surface area contributed by atoms with Crippen LogP contribution in [0.5, 0.6) is 0 Å². The van der Waals surface area contributed by atoms with Crippen molar-refractivity contribution >= 4 is 38.9 Å². The molecule has 1 aromatic carbocycles. The quantitative estimate of drug-likeness (QED) is 0.476. The number of amides is 1. The van der Waals surface area contributed by atoms with E-state index >= 15 is 0 Å². The lowest BCUT2D eigenvalue weighted by Gasteiger charge is -2.34. The molecule has 7 nitrogen and oxygen atoms in total. The van der Waals surface area contributed by atoms with Gasteiger partial charge < -0.3 is 19.9 Å². The normalized spacial score (nSPS) is 16.9. The number of anilines is 1. The van der Waals surface area contributed by atoms with Crippen LogP contribution in [-0.2, 0) is 11.2 Å². The highest BCUT2D eigenvalue weighted by Crippen LogP contribution is 2.32. The molecule has 1 amide bonds. The highest BCUT2D eigenvalue weighted by molar-refractivity contribution is 9.10. The van der Waals surface area contributed by atoms with Gasteiger partial charge in [-0.15, -0.1) is 0 Å². The number of benzene rings is 1. The van der Waals surface area contributed by atoms with Gasteiger partial charge in [0.25, 0.3) is 0 Å². The van der Waals surface area contributed by atoms with Crippen LogP contribution >= 0.6 is 15.9 Å². The van der Waals surface area contributed by atoms with E-state index in [9.17, 15) is 4.79 Å². The summed E-state index contributed by atoms with van der Waals surface area (Å²) in [5.74, 6) is 0.583. The Morgan fingerprint density at radius 2 is 2.19 bits per heavy atom.